The minimum Gasteiger partial charge on any atom is -0.320 e. The van der Waals surface area contributed by atoms with Crippen LogP contribution in [0.2, 0.25) is 5.02 Å². The number of aromatic amines is 1. The number of imidazole rings is 1. The maximum atomic E-state index is 11.9. The number of hydrogen-bond donors (Lipinski definition) is 1. The van der Waals surface area contributed by atoms with Gasteiger partial charge in [0.05, 0.1) is 12.9 Å². The lowest BCUT2D eigenvalue weighted by Crippen LogP contribution is -2.29. The van der Waals surface area contributed by atoms with Crippen molar-refractivity contribution in [1.82, 2.24) is 19.1 Å². The van der Waals surface area contributed by atoms with Gasteiger partial charge in [0.15, 0.2) is 11.2 Å². The Morgan fingerprint density at radius 2 is 2.05 bits per heavy atom. The zero-order chi connectivity index (χ0) is 14.3. The van der Waals surface area contributed by atoms with Gasteiger partial charge in [-0.15, -0.1) is 0 Å². The van der Waals surface area contributed by atoms with Crippen molar-refractivity contribution in [3.63, 3.8) is 0 Å². The second kappa shape index (κ2) is 4.64. The molecule has 1 aromatic carbocycles. The molecule has 20 heavy (non-hydrogen) atoms. The van der Waals surface area contributed by atoms with Crippen molar-refractivity contribution in [2.75, 3.05) is 0 Å². The normalized spacial score (nSPS) is 11.1. The summed E-state index contributed by atoms with van der Waals surface area (Å²) in [6.07, 6.45) is 1.53. The lowest BCUT2D eigenvalue weighted by atomic mass is 10.2. The quantitative estimate of drug-likeness (QED) is 0.769. The molecule has 0 radical (unpaired) electrons. The summed E-state index contributed by atoms with van der Waals surface area (Å²) in [4.78, 5) is 29.9. The van der Waals surface area contributed by atoms with Crippen molar-refractivity contribution in [2.45, 2.75) is 6.54 Å². The van der Waals surface area contributed by atoms with E-state index in [1.807, 2.05) is 18.2 Å². The Kier molecular flexibility index (Phi) is 2.94. The SMILES string of the molecule is Cn1c(=O)[nH]c(=O)c2c1ncn2Cc1ccccc1Cl. The van der Waals surface area contributed by atoms with Crippen molar-refractivity contribution < 1.29 is 0 Å². The summed E-state index contributed by atoms with van der Waals surface area (Å²) in [6.45, 7) is 0.414. The zero-order valence-electron chi connectivity index (χ0n) is 10.6. The number of hydrogen-bond acceptors (Lipinski definition) is 3. The summed E-state index contributed by atoms with van der Waals surface area (Å²) < 4.78 is 2.98. The Bertz CT molecular complexity index is 907. The van der Waals surface area contributed by atoms with E-state index in [9.17, 15) is 9.59 Å². The molecule has 0 amide bonds. The van der Waals surface area contributed by atoms with Crippen LogP contribution >= 0.6 is 11.6 Å². The molecular weight excluding hydrogens is 280 g/mol. The van der Waals surface area contributed by atoms with E-state index in [0.717, 1.165) is 5.56 Å². The molecule has 0 aliphatic rings. The molecule has 6 nitrogen and oxygen atoms in total. The van der Waals surface area contributed by atoms with E-state index in [2.05, 4.69) is 9.97 Å². The van der Waals surface area contributed by atoms with Gasteiger partial charge in [0.1, 0.15) is 0 Å². The molecule has 3 aromatic rings. The summed E-state index contributed by atoms with van der Waals surface area (Å²) >= 11 is 6.11. The number of aryl methyl sites for hydroxylation is 1. The standard InChI is InChI=1S/C13H11ClN4O2/c1-17-11-10(12(19)16-13(17)20)18(7-15-11)6-8-4-2-3-5-9(8)14/h2-5,7H,6H2,1H3,(H,16,19,20). The van der Waals surface area contributed by atoms with Crippen molar-refractivity contribution >= 4 is 22.8 Å². The fraction of sp³-hybridized carbons (Fsp3) is 0.154. The van der Waals surface area contributed by atoms with Crippen LogP contribution in [-0.2, 0) is 13.6 Å². The van der Waals surface area contributed by atoms with Gasteiger partial charge in [0.2, 0.25) is 0 Å². The molecule has 102 valence electrons. The number of nitrogens with zero attached hydrogens (tertiary/aromatic N) is 3. The first-order valence-electron chi connectivity index (χ1n) is 5.95. The molecule has 0 saturated heterocycles. The lowest BCUT2D eigenvalue weighted by Gasteiger charge is -2.06. The molecule has 0 bridgehead atoms. The molecule has 0 saturated carbocycles. The second-order valence-electron chi connectivity index (χ2n) is 4.45. The van der Waals surface area contributed by atoms with Gasteiger partial charge in [-0.1, -0.05) is 29.8 Å². The first kappa shape index (κ1) is 12.7. The summed E-state index contributed by atoms with van der Waals surface area (Å²) in [7, 11) is 1.56. The topological polar surface area (TPSA) is 72.7 Å². The van der Waals surface area contributed by atoms with Gasteiger partial charge in [-0.05, 0) is 11.6 Å². The van der Waals surface area contributed by atoms with Gasteiger partial charge in [0, 0.05) is 12.1 Å². The van der Waals surface area contributed by atoms with Crippen LogP contribution in [0, 0.1) is 0 Å². The fourth-order valence-corrected chi connectivity index (χ4v) is 2.31. The number of fused-ring (bicyclic) bond motifs is 1. The minimum absolute atomic E-state index is 0.353. The smallest absolute Gasteiger partial charge is 0.320 e. The maximum absolute atomic E-state index is 11.9. The summed E-state index contributed by atoms with van der Waals surface area (Å²) in [5, 5.41) is 0.621. The third-order valence-electron chi connectivity index (χ3n) is 3.17. The Balaban J connectivity index is 2.19. The van der Waals surface area contributed by atoms with Crippen molar-refractivity contribution in [2.24, 2.45) is 7.05 Å². The van der Waals surface area contributed by atoms with E-state index in [1.165, 1.54) is 10.9 Å². The summed E-state index contributed by atoms with van der Waals surface area (Å²) in [6, 6.07) is 7.38. The van der Waals surface area contributed by atoms with Crippen LogP contribution in [-0.4, -0.2) is 19.1 Å². The average Bonchev–Trinajstić information content (AvgIpc) is 2.83. The van der Waals surface area contributed by atoms with Gasteiger partial charge >= 0.3 is 5.69 Å². The average molecular weight is 291 g/mol. The fourth-order valence-electron chi connectivity index (χ4n) is 2.12. The Hall–Kier alpha value is -2.34. The van der Waals surface area contributed by atoms with Crippen molar-refractivity contribution in [1.29, 1.82) is 0 Å². The molecule has 2 aromatic heterocycles. The van der Waals surface area contributed by atoms with Crippen molar-refractivity contribution in [3.05, 3.63) is 62.0 Å². The van der Waals surface area contributed by atoms with Gasteiger partial charge in [-0.25, -0.2) is 9.78 Å². The molecule has 0 unspecified atom stereocenters. The highest BCUT2D eigenvalue weighted by molar-refractivity contribution is 6.31. The monoisotopic (exact) mass is 290 g/mol. The number of benzene rings is 1. The zero-order valence-corrected chi connectivity index (χ0v) is 11.4. The predicted molar refractivity (Wildman–Crippen MR) is 76.1 cm³/mol. The third-order valence-corrected chi connectivity index (χ3v) is 3.54. The molecule has 3 rings (SSSR count). The van der Waals surface area contributed by atoms with E-state index < -0.39 is 11.2 Å². The predicted octanol–water partition coefficient (Wildman–Crippen LogP) is 1.12. The highest BCUT2D eigenvalue weighted by Gasteiger charge is 2.12. The number of halogens is 1. The first-order valence-corrected chi connectivity index (χ1v) is 6.33. The molecule has 2 heterocycles. The van der Waals surface area contributed by atoms with Crippen LogP contribution in [0.3, 0.4) is 0 Å². The molecule has 1 N–H and O–H groups in total. The van der Waals surface area contributed by atoms with E-state index in [1.54, 1.807) is 17.7 Å². The number of H-pyrrole nitrogens is 1. The van der Waals surface area contributed by atoms with Gasteiger partial charge < -0.3 is 4.57 Å². The van der Waals surface area contributed by atoms with Crippen molar-refractivity contribution in [3.8, 4) is 0 Å². The molecule has 0 atom stereocenters. The van der Waals surface area contributed by atoms with Crippen LogP contribution in [0.1, 0.15) is 5.56 Å². The molecule has 0 spiro atoms. The largest absolute Gasteiger partial charge is 0.329 e. The molecule has 7 heteroatoms. The first-order chi connectivity index (χ1) is 9.58. The molecule has 0 aliphatic heterocycles. The van der Waals surface area contributed by atoms with Crippen LogP contribution in [0.25, 0.3) is 11.2 Å². The van der Waals surface area contributed by atoms with Gasteiger partial charge in [-0.2, -0.15) is 0 Å². The van der Waals surface area contributed by atoms with E-state index >= 15 is 0 Å². The summed E-state index contributed by atoms with van der Waals surface area (Å²) in [5.74, 6) is 0. The Morgan fingerprint density at radius 3 is 2.80 bits per heavy atom. The van der Waals surface area contributed by atoms with Crippen LogP contribution < -0.4 is 11.2 Å². The van der Waals surface area contributed by atoms with Gasteiger partial charge in [0.25, 0.3) is 5.56 Å². The van der Waals surface area contributed by atoms with Crippen LogP contribution in [0.4, 0.5) is 0 Å². The molecular formula is C13H11ClN4O2. The Morgan fingerprint density at radius 1 is 1.30 bits per heavy atom. The third kappa shape index (κ3) is 1.94. The lowest BCUT2D eigenvalue weighted by molar-refractivity contribution is 0.806. The number of rotatable bonds is 2. The Labute approximate surface area is 118 Å². The molecule has 0 aliphatic carbocycles. The highest BCUT2D eigenvalue weighted by Crippen LogP contribution is 2.17. The maximum Gasteiger partial charge on any atom is 0.329 e. The highest BCUT2D eigenvalue weighted by atomic mass is 35.5. The van der Waals surface area contributed by atoms with E-state index in [0.29, 0.717) is 22.7 Å². The summed E-state index contributed by atoms with van der Waals surface area (Å²) in [5.41, 5.74) is 0.651. The number of nitrogens with one attached hydrogen (secondary N) is 1. The van der Waals surface area contributed by atoms with Crippen LogP contribution in [0.15, 0.2) is 40.2 Å². The minimum atomic E-state index is -0.481. The van der Waals surface area contributed by atoms with Crippen LogP contribution in [0.5, 0.6) is 0 Å². The molecule has 0 fully saturated rings. The van der Waals surface area contributed by atoms with Gasteiger partial charge in [-0.3, -0.25) is 14.3 Å². The van der Waals surface area contributed by atoms with E-state index in [-0.39, 0.29) is 0 Å². The number of aromatic nitrogens is 4. The van der Waals surface area contributed by atoms with E-state index in [4.69, 9.17) is 11.6 Å². The second-order valence-corrected chi connectivity index (χ2v) is 4.86.